The molecule has 0 aliphatic heterocycles. The van der Waals surface area contributed by atoms with E-state index in [-0.39, 0.29) is 17.4 Å². The van der Waals surface area contributed by atoms with Crippen LogP contribution >= 0.6 is 0 Å². The van der Waals surface area contributed by atoms with Gasteiger partial charge in [-0.25, -0.2) is 13.8 Å². The van der Waals surface area contributed by atoms with Gasteiger partial charge in [-0.2, -0.15) is 4.98 Å². The average Bonchev–Trinajstić information content (AvgIpc) is 2.16. The number of nitrogens with zero attached hydrogens (tertiary/aromatic N) is 2. The average molecular weight is 204 g/mol. The molecule has 14 heavy (non-hydrogen) atoms. The van der Waals surface area contributed by atoms with Gasteiger partial charge in [0.1, 0.15) is 12.0 Å². The summed E-state index contributed by atoms with van der Waals surface area (Å²) >= 11 is 0. The molecule has 0 bridgehead atoms. The SMILES string of the molecule is COc1ncnc(NCC(F)F)c1N. The highest BCUT2D eigenvalue weighted by Crippen LogP contribution is 2.23. The van der Waals surface area contributed by atoms with E-state index >= 15 is 0 Å². The monoisotopic (exact) mass is 204 g/mol. The maximum atomic E-state index is 11.9. The molecule has 0 saturated heterocycles. The van der Waals surface area contributed by atoms with Crippen LogP contribution in [-0.4, -0.2) is 30.0 Å². The van der Waals surface area contributed by atoms with Crippen molar-refractivity contribution < 1.29 is 13.5 Å². The summed E-state index contributed by atoms with van der Waals surface area (Å²) in [5.74, 6) is 0.314. The minimum absolute atomic E-state index is 0.121. The van der Waals surface area contributed by atoms with Crippen molar-refractivity contribution in [1.29, 1.82) is 0 Å². The van der Waals surface area contributed by atoms with Crippen LogP contribution in [0, 0.1) is 0 Å². The molecule has 0 amide bonds. The van der Waals surface area contributed by atoms with Crippen LogP contribution in [0.4, 0.5) is 20.3 Å². The Hall–Kier alpha value is -1.66. The van der Waals surface area contributed by atoms with Gasteiger partial charge in [0.25, 0.3) is 6.43 Å². The fraction of sp³-hybridized carbons (Fsp3) is 0.429. The Kier molecular flexibility index (Phi) is 3.38. The maximum Gasteiger partial charge on any atom is 0.255 e. The van der Waals surface area contributed by atoms with E-state index in [0.717, 1.165) is 0 Å². The van der Waals surface area contributed by atoms with Gasteiger partial charge in [-0.3, -0.25) is 0 Å². The third kappa shape index (κ3) is 2.41. The Morgan fingerprint density at radius 3 is 2.86 bits per heavy atom. The highest BCUT2D eigenvalue weighted by molar-refractivity contribution is 5.66. The van der Waals surface area contributed by atoms with Crippen molar-refractivity contribution in [2.75, 3.05) is 24.7 Å². The lowest BCUT2D eigenvalue weighted by Gasteiger charge is -2.09. The number of nitrogen functional groups attached to an aromatic ring is 1. The lowest BCUT2D eigenvalue weighted by Crippen LogP contribution is -2.13. The zero-order chi connectivity index (χ0) is 10.6. The van der Waals surface area contributed by atoms with Crippen molar-refractivity contribution in [2.45, 2.75) is 6.43 Å². The molecule has 1 aromatic rings. The molecule has 3 N–H and O–H groups in total. The first-order chi connectivity index (χ1) is 6.65. The van der Waals surface area contributed by atoms with Crippen molar-refractivity contribution in [3.8, 4) is 5.88 Å². The van der Waals surface area contributed by atoms with Crippen LogP contribution in [0.25, 0.3) is 0 Å². The molecule has 1 aromatic heterocycles. The number of halogens is 2. The summed E-state index contributed by atoms with van der Waals surface area (Å²) in [5.41, 5.74) is 5.64. The van der Waals surface area contributed by atoms with Gasteiger partial charge in [0, 0.05) is 0 Å². The van der Waals surface area contributed by atoms with E-state index in [2.05, 4.69) is 15.3 Å². The second kappa shape index (κ2) is 4.54. The van der Waals surface area contributed by atoms with Crippen LogP contribution in [0.5, 0.6) is 5.88 Å². The van der Waals surface area contributed by atoms with Crippen molar-refractivity contribution >= 4 is 11.5 Å². The number of ether oxygens (including phenoxy) is 1. The van der Waals surface area contributed by atoms with E-state index in [9.17, 15) is 8.78 Å². The standard InChI is InChI=1S/C7H10F2N4O/c1-14-7-5(10)6(12-3-13-7)11-2-4(8)9/h3-4H,2,10H2,1H3,(H,11,12,13). The largest absolute Gasteiger partial charge is 0.479 e. The van der Waals surface area contributed by atoms with Crippen LogP contribution in [0.1, 0.15) is 0 Å². The number of nitrogens with two attached hydrogens (primary N) is 1. The molecule has 0 fully saturated rings. The fourth-order valence-corrected chi connectivity index (χ4v) is 0.857. The van der Waals surface area contributed by atoms with Crippen LogP contribution in [-0.2, 0) is 0 Å². The third-order valence-corrected chi connectivity index (χ3v) is 1.46. The van der Waals surface area contributed by atoms with Gasteiger partial charge in [-0.1, -0.05) is 0 Å². The van der Waals surface area contributed by atoms with E-state index in [0.29, 0.717) is 0 Å². The zero-order valence-corrected chi connectivity index (χ0v) is 7.50. The Morgan fingerprint density at radius 1 is 1.57 bits per heavy atom. The van der Waals surface area contributed by atoms with E-state index in [4.69, 9.17) is 10.5 Å². The summed E-state index contributed by atoms with van der Waals surface area (Å²) in [4.78, 5) is 7.40. The molecule has 0 aliphatic carbocycles. The van der Waals surface area contributed by atoms with E-state index in [1.54, 1.807) is 0 Å². The highest BCUT2D eigenvalue weighted by Gasteiger charge is 2.09. The Labute approximate surface area is 79.3 Å². The molecule has 1 heterocycles. The van der Waals surface area contributed by atoms with Crippen molar-refractivity contribution in [3.05, 3.63) is 6.33 Å². The molecule has 0 aliphatic rings. The van der Waals surface area contributed by atoms with E-state index in [1.807, 2.05) is 0 Å². The summed E-state index contributed by atoms with van der Waals surface area (Å²) in [6.07, 6.45) is -1.28. The second-order valence-electron chi connectivity index (χ2n) is 2.42. The highest BCUT2D eigenvalue weighted by atomic mass is 19.3. The van der Waals surface area contributed by atoms with Crippen molar-refractivity contribution in [2.24, 2.45) is 0 Å². The summed E-state index contributed by atoms with van der Waals surface area (Å²) in [7, 11) is 1.38. The Balaban J connectivity index is 2.76. The van der Waals surface area contributed by atoms with Crippen LogP contribution < -0.4 is 15.8 Å². The first-order valence-corrected chi connectivity index (χ1v) is 3.81. The lowest BCUT2D eigenvalue weighted by atomic mass is 10.4. The minimum atomic E-state index is -2.46. The molecule has 0 saturated carbocycles. The summed E-state index contributed by atoms with van der Waals surface area (Å²) < 4.78 is 28.5. The number of aromatic nitrogens is 2. The van der Waals surface area contributed by atoms with Gasteiger partial charge in [0.05, 0.1) is 13.7 Å². The van der Waals surface area contributed by atoms with Gasteiger partial charge in [0.15, 0.2) is 5.82 Å². The Bertz CT molecular complexity index is 308. The molecule has 5 nitrogen and oxygen atoms in total. The van der Waals surface area contributed by atoms with Crippen LogP contribution in [0.3, 0.4) is 0 Å². The predicted molar refractivity (Wildman–Crippen MR) is 47.5 cm³/mol. The van der Waals surface area contributed by atoms with Gasteiger partial charge in [0.2, 0.25) is 5.88 Å². The molecule has 0 aromatic carbocycles. The number of rotatable bonds is 4. The van der Waals surface area contributed by atoms with Crippen LogP contribution in [0.2, 0.25) is 0 Å². The van der Waals surface area contributed by atoms with E-state index < -0.39 is 13.0 Å². The smallest absolute Gasteiger partial charge is 0.255 e. The molecule has 0 spiro atoms. The number of hydrogen-bond acceptors (Lipinski definition) is 5. The first kappa shape index (κ1) is 10.4. The van der Waals surface area contributed by atoms with Crippen molar-refractivity contribution in [1.82, 2.24) is 9.97 Å². The van der Waals surface area contributed by atoms with E-state index in [1.165, 1.54) is 13.4 Å². The lowest BCUT2D eigenvalue weighted by molar-refractivity contribution is 0.163. The van der Waals surface area contributed by atoms with Gasteiger partial charge in [-0.05, 0) is 0 Å². The topological polar surface area (TPSA) is 73.1 Å². The molecule has 0 unspecified atom stereocenters. The van der Waals surface area contributed by atoms with Crippen LogP contribution in [0.15, 0.2) is 6.33 Å². The summed E-state index contributed by atoms with van der Waals surface area (Å²) in [6.45, 7) is -0.510. The number of alkyl halides is 2. The van der Waals surface area contributed by atoms with Gasteiger partial charge in [-0.15, -0.1) is 0 Å². The Morgan fingerprint density at radius 2 is 2.29 bits per heavy atom. The van der Waals surface area contributed by atoms with Gasteiger partial charge < -0.3 is 15.8 Å². The summed E-state index contributed by atoms with van der Waals surface area (Å²) in [5, 5.41) is 2.38. The predicted octanol–water partition coefficient (Wildman–Crippen LogP) is 0.744. The maximum absolute atomic E-state index is 11.9. The molecular weight excluding hydrogens is 194 g/mol. The molecule has 1 rings (SSSR count). The molecule has 78 valence electrons. The third-order valence-electron chi connectivity index (χ3n) is 1.46. The molecule has 0 radical (unpaired) electrons. The minimum Gasteiger partial charge on any atom is -0.479 e. The molecular formula is C7H10F2N4O. The number of hydrogen-bond donors (Lipinski definition) is 2. The number of methoxy groups -OCH3 is 1. The van der Waals surface area contributed by atoms with Gasteiger partial charge >= 0.3 is 0 Å². The molecule has 7 heteroatoms. The van der Waals surface area contributed by atoms with Crippen molar-refractivity contribution in [3.63, 3.8) is 0 Å². The molecule has 0 atom stereocenters. The fourth-order valence-electron chi connectivity index (χ4n) is 0.857. The zero-order valence-electron chi connectivity index (χ0n) is 7.50. The second-order valence-corrected chi connectivity index (χ2v) is 2.42. The first-order valence-electron chi connectivity index (χ1n) is 3.81. The number of anilines is 2. The quantitative estimate of drug-likeness (QED) is 0.756. The summed E-state index contributed by atoms with van der Waals surface area (Å²) in [6, 6.07) is 0. The normalized spacial score (nSPS) is 10.3. The number of nitrogens with one attached hydrogen (secondary N) is 1.